The van der Waals surface area contributed by atoms with Crippen molar-refractivity contribution in [2.75, 3.05) is 14.1 Å². The van der Waals surface area contributed by atoms with Crippen LogP contribution in [0.4, 0.5) is 0 Å². The number of hydrogen-bond acceptors (Lipinski definition) is 8. The maximum Gasteiger partial charge on any atom is 0.271 e. The van der Waals surface area contributed by atoms with E-state index in [0.29, 0.717) is 22.3 Å². The normalized spacial score (nSPS) is 23.5. The van der Waals surface area contributed by atoms with E-state index in [9.17, 15) is 24.4 Å². The lowest BCUT2D eigenvalue weighted by Gasteiger charge is -2.42. The summed E-state index contributed by atoms with van der Waals surface area (Å²) >= 11 is 5.43. The molecule has 2 fully saturated rings. The van der Waals surface area contributed by atoms with Gasteiger partial charge in [0.05, 0.1) is 16.1 Å². The van der Waals surface area contributed by atoms with Crippen LogP contribution in [0.15, 0.2) is 51.3 Å². The van der Waals surface area contributed by atoms with Gasteiger partial charge in [-0.15, -0.1) is 34.0 Å². The number of imide groups is 2. The lowest BCUT2D eigenvalue weighted by molar-refractivity contribution is -0.140. The minimum atomic E-state index is -0.557. The number of carbonyl (C=O) groups is 4. The maximum absolute atomic E-state index is 13.6. The van der Waals surface area contributed by atoms with Gasteiger partial charge in [-0.3, -0.25) is 29.0 Å². The van der Waals surface area contributed by atoms with Gasteiger partial charge in [0.1, 0.15) is 11.6 Å². The number of rotatable bonds is 2. The Balaban J connectivity index is 1.21. The third-order valence-electron chi connectivity index (χ3n) is 12.7. The third-order valence-corrected chi connectivity index (χ3v) is 16.3. The summed E-state index contributed by atoms with van der Waals surface area (Å²) in [6.07, 6.45) is 17.2. The summed E-state index contributed by atoms with van der Waals surface area (Å²) < 4.78 is 2.47. The number of hydrogen-bond donors (Lipinski definition) is 0. The van der Waals surface area contributed by atoms with Gasteiger partial charge in [-0.2, -0.15) is 5.26 Å². The first-order valence-electron chi connectivity index (χ1n) is 18.2. The van der Waals surface area contributed by atoms with Crippen LogP contribution < -0.4 is 0 Å². The molecule has 0 atom stereocenters. The smallest absolute Gasteiger partial charge is 0.271 e. The first kappa shape index (κ1) is 34.1. The van der Waals surface area contributed by atoms with E-state index in [-0.39, 0.29) is 33.9 Å². The number of fused-ring (bicyclic) bond motifs is 10. The van der Waals surface area contributed by atoms with E-state index >= 15 is 0 Å². The molecule has 0 N–H and O–H groups in total. The number of carbonyl (C=O) groups excluding carboxylic acids is 4. The average molecular weight is 757 g/mol. The van der Waals surface area contributed by atoms with Crippen LogP contribution in [0.5, 0.6) is 0 Å². The van der Waals surface area contributed by atoms with Gasteiger partial charge in [-0.1, -0.05) is 38.5 Å². The minimum absolute atomic E-state index is 0.0117. The highest BCUT2D eigenvalue weighted by atomic mass is 32.1. The molecule has 0 bridgehead atoms. The fourth-order valence-electron chi connectivity index (χ4n) is 9.97. The lowest BCUT2D eigenvalue weighted by atomic mass is 9.61. The van der Waals surface area contributed by atoms with E-state index in [1.165, 1.54) is 67.7 Å². The molecule has 53 heavy (non-hydrogen) atoms. The molecule has 11 heteroatoms. The second-order valence-corrected chi connectivity index (χ2v) is 18.4. The van der Waals surface area contributed by atoms with E-state index in [1.807, 2.05) is 34.8 Å². The summed E-state index contributed by atoms with van der Waals surface area (Å²) in [6.45, 7) is 11.0. The van der Waals surface area contributed by atoms with Crippen molar-refractivity contribution in [1.82, 2.24) is 9.80 Å². The SMILES string of the molecule is [C-]#[N+]C1=C(C)/C(=C\c2cc3sc4c(c3s2)C2(CCCCC2)c2c-4sc3c2C2(CCCCC2)C(/C=C2/C(=O)N(C)C(=O)C(C#N)=C2C)=C3)C(=O)N(C)C1=O. The summed E-state index contributed by atoms with van der Waals surface area (Å²) in [4.78, 5) is 62.8. The lowest BCUT2D eigenvalue weighted by Crippen LogP contribution is -2.40. The molecule has 0 saturated heterocycles. The molecule has 8 nitrogen and oxygen atoms in total. The molecule has 6 aliphatic rings. The molecule has 0 unspecified atom stereocenters. The zero-order valence-electron chi connectivity index (χ0n) is 30.0. The number of likely N-dealkylation sites (N-methyl/N-ethyl adjacent to an activating group) is 2. The molecular formula is C42H36N4O4S3. The van der Waals surface area contributed by atoms with Crippen LogP contribution in [0.3, 0.4) is 0 Å². The number of allylic oxidation sites excluding steroid dienone is 2. The van der Waals surface area contributed by atoms with Crippen molar-refractivity contribution in [2.24, 2.45) is 0 Å². The Kier molecular flexibility index (Phi) is 7.67. The van der Waals surface area contributed by atoms with Crippen LogP contribution in [-0.2, 0) is 30.0 Å². The Bertz CT molecular complexity index is 2520. The van der Waals surface area contributed by atoms with Gasteiger partial charge >= 0.3 is 0 Å². The van der Waals surface area contributed by atoms with Gasteiger partial charge in [0.25, 0.3) is 29.3 Å². The first-order chi connectivity index (χ1) is 25.5. The highest BCUT2D eigenvalue weighted by Gasteiger charge is 2.55. The Morgan fingerprint density at radius 1 is 0.755 bits per heavy atom. The van der Waals surface area contributed by atoms with Crippen LogP contribution in [0.2, 0.25) is 0 Å². The number of amides is 4. The van der Waals surface area contributed by atoms with Gasteiger partial charge in [0, 0.05) is 61.0 Å². The molecule has 2 spiro atoms. The van der Waals surface area contributed by atoms with Crippen LogP contribution in [0.1, 0.15) is 105 Å². The second-order valence-electron chi connectivity index (χ2n) is 15.2. The van der Waals surface area contributed by atoms with Gasteiger partial charge in [0.2, 0.25) is 0 Å². The predicted molar refractivity (Wildman–Crippen MR) is 209 cm³/mol. The molecule has 3 aromatic rings. The fraction of sp³-hybridized carbons (Fsp3) is 0.381. The molecule has 3 aromatic heterocycles. The van der Waals surface area contributed by atoms with Crippen molar-refractivity contribution < 1.29 is 19.2 Å². The van der Waals surface area contributed by atoms with E-state index in [4.69, 9.17) is 6.57 Å². The van der Waals surface area contributed by atoms with E-state index in [1.54, 1.807) is 25.2 Å². The number of nitriles is 1. The van der Waals surface area contributed by atoms with Crippen molar-refractivity contribution >= 4 is 79.2 Å². The van der Waals surface area contributed by atoms with Crippen molar-refractivity contribution in [3.05, 3.63) is 89.1 Å². The number of nitrogens with zero attached hydrogens (tertiary/aromatic N) is 4. The summed E-state index contributed by atoms with van der Waals surface area (Å²) in [5.74, 6) is -1.85. The van der Waals surface area contributed by atoms with Gasteiger partial charge < -0.3 is 0 Å². The molecule has 4 amide bonds. The molecule has 4 aliphatic carbocycles. The average Bonchev–Trinajstić information content (AvgIpc) is 3.93. The Labute approximate surface area is 319 Å². The molecule has 9 rings (SSSR count). The fourth-order valence-corrected chi connectivity index (χ4v) is 14.4. The standard InChI is InChI=1S/C42H36N4O4S3/c1-21-25(37(47)45(4)39(49)27(21)20-43)16-23-17-28-30(41(23)12-8-6-9-13-41)31-35(52-28)36-32(42(31)14-10-7-11-15-42)34-29(53-36)19-24(51-34)18-26-22(2)33(44-3)40(50)46(5)38(26)48/h16-19H,6-15H2,1-2,4-5H3/b25-16+,26-18+. The van der Waals surface area contributed by atoms with Gasteiger partial charge in [-0.25, -0.2) is 4.85 Å². The van der Waals surface area contributed by atoms with Crippen molar-refractivity contribution in [3.8, 4) is 15.8 Å². The van der Waals surface area contributed by atoms with E-state index in [2.05, 4.69) is 23.1 Å². The predicted octanol–water partition coefficient (Wildman–Crippen LogP) is 9.19. The van der Waals surface area contributed by atoms with Crippen LogP contribution in [-0.4, -0.2) is 47.5 Å². The Morgan fingerprint density at radius 3 is 2.00 bits per heavy atom. The Hall–Kier alpha value is -4.68. The maximum atomic E-state index is 13.6. The zero-order valence-corrected chi connectivity index (χ0v) is 32.5. The monoisotopic (exact) mass is 756 g/mol. The quantitative estimate of drug-likeness (QED) is 0.147. The minimum Gasteiger partial charge on any atom is -0.287 e. The highest BCUT2D eigenvalue weighted by molar-refractivity contribution is 7.32. The molecule has 2 saturated carbocycles. The summed E-state index contributed by atoms with van der Waals surface area (Å²) in [7, 11) is 2.89. The van der Waals surface area contributed by atoms with Crippen LogP contribution >= 0.6 is 34.0 Å². The molecule has 5 heterocycles. The second kappa shape index (κ2) is 11.9. The topological polar surface area (TPSA) is 103 Å². The van der Waals surface area contributed by atoms with E-state index < -0.39 is 11.8 Å². The summed E-state index contributed by atoms with van der Waals surface area (Å²) in [5.41, 5.74) is 6.85. The molecule has 2 aliphatic heterocycles. The highest BCUT2D eigenvalue weighted by Crippen LogP contribution is 2.69. The summed E-state index contributed by atoms with van der Waals surface area (Å²) in [5, 5.41) is 9.85. The Morgan fingerprint density at radius 2 is 1.36 bits per heavy atom. The van der Waals surface area contributed by atoms with Gasteiger partial charge in [0.15, 0.2) is 0 Å². The van der Waals surface area contributed by atoms with Crippen molar-refractivity contribution in [2.45, 2.75) is 88.9 Å². The van der Waals surface area contributed by atoms with Gasteiger partial charge in [-0.05, 0) is 91.7 Å². The molecular weight excluding hydrogens is 721 g/mol. The number of thiophene rings is 3. The molecule has 266 valence electrons. The zero-order chi connectivity index (χ0) is 37.1. The van der Waals surface area contributed by atoms with E-state index in [0.717, 1.165) is 71.6 Å². The molecule has 0 radical (unpaired) electrons. The third kappa shape index (κ3) is 4.48. The summed E-state index contributed by atoms with van der Waals surface area (Å²) in [6, 6.07) is 4.22. The van der Waals surface area contributed by atoms with Crippen LogP contribution in [0.25, 0.3) is 36.2 Å². The van der Waals surface area contributed by atoms with Crippen molar-refractivity contribution in [3.63, 3.8) is 0 Å². The molecule has 0 aromatic carbocycles. The van der Waals surface area contributed by atoms with Crippen molar-refractivity contribution in [1.29, 1.82) is 5.26 Å². The largest absolute Gasteiger partial charge is 0.287 e. The first-order valence-corrected chi connectivity index (χ1v) is 20.7. The van der Waals surface area contributed by atoms with Crippen LogP contribution in [0, 0.1) is 17.9 Å².